The van der Waals surface area contributed by atoms with Crippen LogP contribution in [0.25, 0.3) is 0 Å². The van der Waals surface area contributed by atoms with Gasteiger partial charge in [-0.2, -0.15) is 0 Å². The number of hydrogen-bond acceptors (Lipinski definition) is 3. The molecule has 1 aliphatic heterocycles. The molecule has 1 N–H and O–H groups in total. The molecule has 0 radical (unpaired) electrons. The monoisotopic (exact) mass is 448 g/mol. The number of nitrogens with zero attached hydrogens (tertiary/aromatic N) is 3. The molecule has 0 aliphatic carbocycles. The van der Waals surface area contributed by atoms with Crippen molar-refractivity contribution in [2.24, 2.45) is 0 Å². The largest absolute Gasteiger partial charge is 0.324 e. The number of hydrogen-bond donors (Lipinski definition) is 1. The Morgan fingerprint density at radius 1 is 1.06 bits per heavy atom. The summed E-state index contributed by atoms with van der Waals surface area (Å²) in [7, 11) is 0. The van der Waals surface area contributed by atoms with Crippen LogP contribution in [0.1, 0.15) is 33.5 Å². The second kappa shape index (κ2) is 9.40. The summed E-state index contributed by atoms with van der Waals surface area (Å²) in [6, 6.07) is 16.9. The maximum absolute atomic E-state index is 13.2. The molecule has 3 amide bonds. The summed E-state index contributed by atoms with van der Waals surface area (Å²) in [6.45, 7) is 6.07. The summed E-state index contributed by atoms with van der Waals surface area (Å²) >= 11 is 6.03. The third-order valence-electron chi connectivity index (χ3n) is 5.39. The summed E-state index contributed by atoms with van der Waals surface area (Å²) in [5.41, 5.74) is 5.15. The topological polar surface area (TPSA) is 65.5 Å². The number of nitrogens with one attached hydrogen (secondary N) is 1. The molecule has 164 valence electrons. The van der Waals surface area contributed by atoms with E-state index in [1.807, 2.05) is 17.0 Å². The van der Waals surface area contributed by atoms with E-state index < -0.39 is 0 Å². The van der Waals surface area contributed by atoms with Crippen LogP contribution in [0.2, 0.25) is 5.15 Å². The van der Waals surface area contributed by atoms with Crippen molar-refractivity contribution >= 4 is 34.9 Å². The Bertz CT molecular complexity index is 1140. The Labute approximate surface area is 192 Å². The molecule has 0 unspecified atom stereocenters. The van der Waals surface area contributed by atoms with Crippen LogP contribution in [0.3, 0.4) is 0 Å². The van der Waals surface area contributed by atoms with Crippen LogP contribution >= 0.6 is 11.6 Å². The molecule has 7 heteroatoms. The van der Waals surface area contributed by atoms with Gasteiger partial charge >= 0.3 is 6.03 Å². The van der Waals surface area contributed by atoms with Gasteiger partial charge in [0.15, 0.2) is 0 Å². The lowest BCUT2D eigenvalue weighted by Gasteiger charge is -2.36. The number of amides is 3. The van der Waals surface area contributed by atoms with E-state index in [4.69, 9.17) is 11.6 Å². The fraction of sp³-hybridized carbons (Fsp3) is 0.240. The van der Waals surface area contributed by atoms with Gasteiger partial charge < -0.3 is 10.2 Å². The SMILES string of the molecule is Cc1cc(C)cc(CN2CCCN(c3cccc(NC(=O)c4cccnc4Cl)c3)C2=O)c1. The van der Waals surface area contributed by atoms with Crippen molar-refractivity contribution < 1.29 is 9.59 Å². The van der Waals surface area contributed by atoms with Crippen LogP contribution in [0.4, 0.5) is 16.2 Å². The van der Waals surface area contributed by atoms with Crippen LogP contribution in [0, 0.1) is 13.8 Å². The highest BCUT2D eigenvalue weighted by Crippen LogP contribution is 2.25. The lowest BCUT2D eigenvalue weighted by molar-refractivity contribution is 0.102. The Kier molecular flexibility index (Phi) is 6.42. The summed E-state index contributed by atoms with van der Waals surface area (Å²) < 4.78 is 0. The number of carbonyl (C=O) groups is 2. The van der Waals surface area contributed by atoms with Gasteiger partial charge in [-0.05, 0) is 56.2 Å². The number of halogens is 1. The highest BCUT2D eigenvalue weighted by Gasteiger charge is 2.27. The summed E-state index contributed by atoms with van der Waals surface area (Å²) in [5, 5.41) is 2.99. The van der Waals surface area contributed by atoms with E-state index in [-0.39, 0.29) is 17.1 Å². The first-order valence-electron chi connectivity index (χ1n) is 10.6. The van der Waals surface area contributed by atoms with Gasteiger partial charge in [-0.3, -0.25) is 9.69 Å². The van der Waals surface area contributed by atoms with E-state index in [1.54, 1.807) is 29.2 Å². The number of aromatic nitrogens is 1. The molecule has 3 aromatic rings. The molecular weight excluding hydrogens is 424 g/mol. The number of pyridine rings is 1. The Hall–Kier alpha value is -3.38. The minimum atomic E-state index is -0.346. The zero-order valence-electron chi connectivity index (χ0n) is 18.1. The molecule has 0 bridgehead atoms. The zero-order chi connectivity index (χ0) is 22.7. The predicted octanol–water partition coefficient (Wildman–Crippen LogP) is 5.44. The molecule has 1 aliphatic rings. The Morgan fingerprint density at radius 3 is 2.59 bits per heavy atom. The molecule has 6 nitrogen and oxygen atoms in total. The first kappa shape index (κ1) is 21.8. The van der Waals surface area contributed by atoms with E-state index in [1.165, 1.54) is 17.3 Å². The van der Waals surface area contributed by atoms with Gasteiger partial charge in [-0.25, -0.2) is 9.78 Å². The molecule has 1 saturated heterocycles. The van der Waals surface area contributed by atoms with Crippen molar-refractivity contribution in [1.82, 2.24) is 9.88 Å². The van der Waals surface area contributed by atoms with E-state index in [0.717, 1.165) is 24.2 Å². The fourth-order valence-corrected chi connectivity index (χ4v) is 4.26. The average molecular weight is 449 g/mol. The maximum Gasteiger partial charge on any atom is 0.324 e. The smallest absolute Gasteiger partial charge is 0.322 e. The standard InChI is InChI=1S/C25H25ClN4O2/c1-17-12-18(2)14-19(13-17)16-29-10-5-11-30(25(29)32)21-7-3-6-20(15-21)28-24(31)22-8-4-9-27-23(22)26/h3-4,6-9,12-15H,5,10-11,16H2,1-2H3,(H,28,31). The van der Waals surface area contributed by atoms with Crippen molar-refractivity contribution in [3.05, 3.63) is 88.2 Å². The third kappa shape index (κ3) is 4.92. The lowest BCUT2D eigenvalue weighted by atomic mass is 10.1. The molecule has 2 heterocycles. The highest BCUT2D eigenvalue weighted by atomic mass is 35.5. The second-order valence-corrected chi connectivity index (χ2v) is 8.41. The van der Waals surface area contributed by atoms with Crippen LogP contribution < -0.4 is 10.2 Å². The molecule has 32 heavy (non-hydrogen) atoms. The Morgan fingerprint density at radius 2 is 1.84 bits per heavy atom. The normalized spacial score (nSPS) is 13.9. The molecule has 2 aromatic carbocycles. The van der Waals surface area contributed by atoms with Crippen LogP contribution in [0.5, 0.6) is 0 Å². The zero-order valence-corrected chi connectivity index (χ0v) is 18.9. The first-order valence-corrected chi connectivity index (χ1v) is 10.9. The number of urea groups is 1. The predicted molar refractivity (Wildman–Crippen MR) is 127 cm³/mol. The molecule has 1 fully saturated rings. The van der Waals surface area contributed by atoms with Crippen molar-refractivity contribution in [1.29, 1.82) is 0 Å². The highest BCUT2D eigenvalue weighted by molar-refractivity contribution is 6.33. The number of carbonyl (C=O) groups excluding carboxylic acids is 2. The van der Waals surface area contributed by atoms with Gasteiger partial charge in [0.1, 0.15) is 5.15 Å². The van der Waals surface area contributed by atoms with Gasteiger partial charge in [0.25, 0.3) is 5.91 Å². The number of anilines is 2. The maximum atomic E-state index is 13.2. The number of aryl methyl sites for hydroxylation is 2. The van der Waals surface area contributed by atoms with E-state index in [0.29, 0.717) is 24.3 Å². The van der Waals surface area contributed by atoms with Crippen molar-refractivity contribution in [3.63, 3.8) is 0 Å². The average Bonchev–Trinajstić information content (AvgIpc) is 2.75. The van der Waals surface area contributed by atoms with Crippen LogP contribution in [0.15, 0.2) is 60.8 Å². The third-order valence-corrected chi connectivity index (χ3v) is 5.69. The van der Waals surface area contributed by atoms with Gasteiger partial charge in [0.05, 0.1) is 5.56 Å². The van der Waals surface area contributed by atoms with Crippen molar-refractivity contribution in [2.75, 3.05) is 23.3 Å². The molecule has 0 saturated carbocycles. The quantitative estimate of drug-likeness (QED) is 0.529. The van der Waals surface area contributed by atoms with Crippen molar-refractivity contribution in [2.45, 2.75) is 26.8 Å². The first-order chi connectivity index (χ1) is 15.4. The number of benzene rings is 2. The Balaban J connectivity index is 1.50. The van der Waals surface area contributed by atoms with Gasteiger partial charge in [-0.1, -0.05) is 47.0 Å². The molecule has 0 atom stereocenters. The van der Waals surface area contributed by atoms with Crippen LogP contribution in [-0.4, -0.2) is 34.9 Å². The van der Waals surface area contributed by atoms with Gasteiger partial charge in [0, 0.05) is 37.2 Å². The minimum absolute atomic E-state index is 0.0332. The summed E-state index contributed by atoms with van der Waals surface area (Å²) in [6.07, 6.45) is 2.41. The van der Waals surface area contributed by atoms with Gasteiger partial charge in [0.2, 0.25) is 0 Å². The van der Waals surface area contributed by atoms with E-state index >= 15 is 0 Å². The molecular formula is C25H25ClN4O2. The molecule has 4 rings (SSSR count). The fourth-order valence-electron chi connectivity index (χ4n) is 4.05. The minimum Gasteiger partial charge on any atom is -0.322 e. The van der Waals surface area contributed by atoms with Crippen molar-refractivity contribution in [3.8, 4) is 0 Å². The molecule has 0 spiro atoms. The van der Waals surface area contributed by atoms with E-state index in [9.17, 15) is 9.59 Å². The summed E-state index contributed by atoms with van der Waals surface area (Å²) in [5.74, 6) is -0.346. The van der Waals surface area contributed by atoms with Gasteiger partial charge in [-0.15, -0.1) is 0 Å². The second-order valence-electron chi connectivity index (χ2n) is 8.05. The number of rotatable bonds is 5. The van der Waals surface area contributed by atoms with E-state index in [2.05, 4.69) is 42.3 Å². The lowest BCUT2D eigenvalue weighted by Crippen LogP contribution is -2.49. The summed E-state index contributed by atoms with van der Waals surface area (Å²) in [4.78, 5) is 33.4. The molecule has 1 aromatic heterocycles. The van der Waals surface area contributed by atoms with Crippen LogP contribution in [-0.2, 0) is 6.54 Å².